The SMILES string of the molecule is Cc1nc(NCCC2=CCCCC2)cc(C(=O)NCc2ccccc2F)n1. The molecule has 0 atom stereocenters. The van der Waals surface area contributed by atoms with E-state index in [0.29, 0.717) is 17.2 Å². The second-order valence-corrected chi connectivity index (χ2v) is 6.74. The maximum Gasteiger partial charge on any atom is 0.270 e. The molecule has 1 amide bonds. The fourth-order valence-electron chi connectivity index (χ4n) is 3.17. The van der Waals surface area contributed by atoms with Crippen molar-refractivity contribution >= 4 is 11.7 Å². The molecule has 1 aromatic heterocycles. The first-order valence-corrected chi connectivity index (χ1v) is 9.41. The Bertz CT molecular complexity index is 835. The molecule has 0 radical (unpaired) electrons. The summed E-state index contributed by atoms with van der Waals surface area (Å²) in [5, 5.41) is 5.99. The average Bonchev–Trinajstić information content (AvgIpc) is 2.67. The summed E-state index contributed by atoms with van der Waals surface area (Å²) in [4.78, 5) is 20.9. The first-order valence-electron chi connectivity index (χ1n) is 9.41. The zero-order valence-electron chi connectivity index (χ0n) is 15.6. The third-order valence-electron chi connectivity index (χ3n) is 4.61. The molecule has 0 fully saturated rings. The van der Waals surface area contributed by atoms with E-state index < -0.39 is 0 Å². The minimum absolute atomic E-state index is 0.117. The Morgan fingerprint density at radius 3 is 2.85 bits per heavy atom. The minimum Gasteiger partial charge on any atom is -0.370 e. The number of allylic oxidation sites excluding steroid dienone is 1. The van der Waals surface area contributed by atoms with Crippen LogP contribution < -0.4 is 10.6 Å². The first kappa shape index (κ1) is 19.0. The molecule has 142 valence electrons. The number of benzene rings is 1. The van der Waals surface area contributed by atoms with Crippen LogP contribution in [0.5, 0.6) is 0 Å². The maximum atomic E-state index is 13.7. The average molecular weight is 368 g/mol. The van der Waals surface area contributed by atoms with Gasteiger partial charge in [0.1, 0.15) is 23.2 Å². The van der Waals surface area contributed by atoms with Crippen LogP contribution in [0.1, 0.15) is 54.0 Å². The van der Waals surface area contributed by atoms with Crippen LogP contribution in [0.2, 0.25) is 0 Å². The largest absolute Gasteiger partial charge is 0.370 e. The van der Waals surface area contributed by atoms with E-state index >= 15 is 0 Å². The van der Waals surface area contributed by atoms with E-state index in [1.54, 1.807) is 31.2 Å². The molecular weight excluding hydrogens is 343 g/mol. The molecule has 0 saturated heterocycles. The number of carbonyl (C=O) groups excluding carboxylic acids is 1. The number of hydrogen-bond donors (Lipinski definition) is 2. The van der Waals surface area contributed by atoms with E-state index in [1.165, 1.54) is 37.3 Å². The predicted octanol–water partition coefficient (Wildman–Crippen LogP) is 4.16. The molecule has 0 unspecified atom stereocenters. The molecule has 1 aromatic carbocycles. The van der Waals surface area contributed by atoms with Gasteiger partial charge < -0.3 is 10.6 Å². The topological polar surface area (TPSA) is 66.9 Å². The van der Waals surface area contributed by atoms with Gasteiger partial charge in [-0.15, -0.1) is 0 Å². The van der Waals surface area contributed by atoms with E-state index in [0.717, 1.165) is 13.0 Å². The zero-order chi connectivity index (χ0) is 19.1. The van der Waals surface area contributed by atoms with Crippen LogP contribution >= 0.6 is 0 Å². The highest BCUT2D eigenvalue weighted by Gasteiger charge is 2.12. The number of halogens is 1. The summed E-state index contributed by atoms with van der Waals surface area (Å²) in [6.45, 7) is 2.65. The van der Waals surface area contributed by atoms with Crippen molar-refractivity contribution in [2.45, 2.75) is 45.6 Å². The first-order chi connectivity index (χ1) is 13.1. The summed E-state index contributed by atoms with van der Waals surface area (Å²) in [6, 6.07) is 8.02. The number of hydrogen-bond acceptors (Lipinski definition) is 4. The monoisotopic (exact) mass is 368 g/mol. The summed E-state index contributed by atoms with van der Waals surface area (Å²) >= 11 is 0. The van der Waals surface area contributed by atoms with Crippen molar-refractivity contribution in [1.29, 1.82) is 0 Å². The number of nitrogens with zero attached hydrogens (tertiary/aromatic N) is 2. The number of anilines is 1. The number of rotatable bonds is 7. The summed E-state index contributed by atoms with van der Waals surface area (Å²) in [7, 11) is 0. The molecule has 3 rings (SSSR count). The summed E-state index contributed by atoms with van der Waals surface area (Å²) < 4.78 is 13.7. The number of amides is 1. The van der Waals surface area contributed by atoms with Crippen molar-refractivity contribution in [3.8, 4) is 0 Å². The van der Waals surface area contributed by atoms with Gasteiger partial charge in [0, 0.05) is 24.7 Å². The standard InChI is InChI=1S/C21H25FN4O/c1-15-25-19(21(27)24-14-17-9-5-6-10-18(17)22)13-20(26-15)23-12-11-16-7-3-2-4-8-16/h5-7,9-10,13H,2-4,8,11-12,14H2,1H3,(H,24,27)(H,23,25,26). The van der Waals surface area contributed by atoms with E-state index in [1.807, 2.05) is 0 Å². The molecule has 1 heterocycles. The van der Waals surface area contributed by atoms with Crippen molar-refractivity contribution in [3.63, 3.8) is 0 Å². The molecule has 0 saturated carbocycles. The van der Waals surface area contributed by atoms with Gasteiger partial charge in [0.05, 0.1) is 0 Å². The van der Waals surface area contributed by atoms with E-state index in [4.69, 9.17) is 0 Å². The van der Waals surface area contributed by atoms with Crippen LogP contribution in [-0.2, 0) is 6.54 Å². The fraction of sp³-hybridized carbons (Fsp3) is 0.381. The number of aromatic nitrogens is 2. The fourth-order valence-corrected chi connectivity index (χ4v) is 3.17. The van der Waals surface area contributed by atoms with Gasteiger partial charge in [-0.1, -0.05) is 29.8 Å². The van der Waals surface area contributed by atoms with Crippen molar-refractivity contribution in [2.75, 3.05) is 11.9 Å². The van der Waals surface area contributed by atoms with E-state index in [9.17, 15) is 9.18 Å². The molecular formula is C21H25FN4O. The lowest BCUT2D eigenvalue weighted by atomic mass is 9.97. The van der Waals surface area contributed by atoms with Gasteiger partial charge in [0.25, 0.3) is 5.91 Å². The molecule has 2 aromatic rings. The zero-order valence-corrected chi connectivity index (χ0v) is 15.6. The minimum atomic E-state index is -0.346. The van der Waals surface area contributed by atoms with Gasteiger partial charge in [-0.05, 0) is 45.1 Å². The number of aryl methyl sites for hydroxylation is 1. The van der Waals surface area contributed by atoms with Crippen LogP contribution in [-0.4, -0.2) is 22.4 Å². The van der Waals surface area contributed by atoms with Gasteiger partial charge in [-0.3, -0.25) is 4.79 Å². The lowest BCUT2D eigenvalue weighted by molar-refractivity contribution is 0.0945. The van der Waals surface area contributed by atoms with Crippen LogP contribution in [0.4, 0.5) is 10.2 Å². The Morgan fingerprint density at radius 1 is 1.22 bits per heavy atom. The number of nitrogens with one attached hydrogen (secondary N) is 2. The van der Waals surface area contributed by atoms with Gasteiger partial charge in [0.15, 0.2) is 0 Å². The predicted molar refractivity (Wildman–Crippen MR) is 104 cm³/mol. The summed E-state index contributed by atoms with van der Waals surface area (Å²) in [5.74, 6) is 0.473. The van der Waals surface area contributed by atoms with Gasteiger partial charge in [0.2, 0.25) is 0 Å². The lowest BCUT2D eigenvalue weighted by Crippen LogP contribution is -2.25. The molecule has 0 bridgehead atoms. The van der Waals surface area contributed by atoms with E-state index in [2.05, 4.69) is 26.7 Å². The molecule has 1 aliphatic rings. The second-order valence-electron chi connectivity index (χ2n) is 6.74. The molecule has 27 heavy (non-hydrogen) atoms. The van der Waals surface area contributed by atoms with Crippen LogP contribution in [0.25, 0.3) is 0 Å². The molecule has 1 aliphatic carbocycles. The van der Waals surface area contributed by atoms with Gasteiger partial charge >= 0.3 is 0 Å². The summed E-state index contributed by atoms with van der Waals surface area (Å²) in [5.41, 5.74) is 2.20. The van der Waals surface area contributed by atoms with Crippen molar-refractivity contribution in [2.24, 2.45) is 0 Å². The third kappa shape index (κ3) is 5.61. The highest BCUT2D eigenvalue weighted by Crippen LogP contribution is 2.20. The number of carbonyl (C=O) groups is 1. The van der Waals surface area contributed by atoms with Crippen molar-refractivity contribution in [3.05, 3.63) is 64.9 Å². The highest BCUT2D eigenvalue weighted by molar-refractivity contribution is 5.92. The Balaban J connectivity index is 1.57. The van der Waals surface area contributed by atoms with Crippen molar-refractivity contribution < 1.29 is 9.18 Å². The van der Waals surface area contributed by atoms with Crippen LogP contribution in [0.3, 0.4) is 0 Å². The quantitative estimate of drug-likeness (QED) is 0.720. The van der Waals surface area contributed by atoms with Crippen LogP contribution in [0, 0.1) is 12.7 Å². The Hall–Kier alpha value is -2.76. The highest BCUT2D eigenvalue weighted by atomic mass is 19.1. The van der Waals surface area contributed by atoms with Gasteiger partial charge in [-0.2, -0.15) is 0 Å². The lowest BCUT2D eigenvalue weighted by Gasteiger charge is -2.13. The normalized spacial score (nSPS) is 13.8. The van der Waals surface area contributed by atoms with Crippen molar-refractivity contribution in [1.82, 2.24) is 15.3 Å². The van der Waals surface area contributed by atoms with Gasteiger partial charge in [-0.25, -0.2) is 14.4 Å². The molecule has 5 nitrogen and oxygen atoms in total. The summed E-state index contributed by atoms with van der Waals surface area (Å²) in [6.07, 6.45) is 8.22. The Morgan fingerprint density at radius 2 is 2.07 bits per heavy atom. The smallest absolute Gasteiger partial charge is 0.270 e. The molecule has 0 spiro atoms. The second kappa shape index (κ2) is 9.26. The Labute approximate surface area is 159 Å². The van der Waals surface area contributed by atoms with Crippen LogP contribution in [0.15, 0.2) is 42.0 Å². The Kier molecular flexibility index (Phi) is 6.52. The van der Waals surface area contributed by atoms with E-state index in [-0.39, 0.29) is 24.0 Å². The molecule has 6 heteroatoms. The molecule has 2 N–H and O–H groups in total. The third-order valence-corrected chi connectivity index (χ3v) is 4.61. The molecule has 0 aliphatic heterocycles. The maximum absolute atomic E-state index is 13.7.